The molecule has 1 aliphatic heterocycles. The summed E-state index contributed by atoms with van der Waals surface area (Å²) in [7, 11) is 0. The molecule has 0 spiro atoms. The lowest BCUT2D eigenvalue weighted by Gasteiger charge is -2.41. The minimum Gasteiger partial charge on any atom is -0.396 e. The molecular weight excluding hydrogens is 228 g/mol. The Kier molecular flexibility index (Phi) is 7.82. The van der Waals surface area contributed by atoms with Crippen LogP contribution in [-0.2, 0) is 4.74 Å². The number of ether oxygens (including phenoxy) is 1. The van der Waals surface area contributed by atoms with Crippen molar-refractivity contribution in [3.63, 3.8) is 0 Å². The number of nitrogens with zero attached hydrogens (tertiary/aromatic N) is 1. The van der Waals surface area contributed by atoms with E-state index in [9.17, 15) is 0 Å². The summed E-state index contributed by atoms with van der Waals surface area (Å²) in [5, 5.41) is 12.5. The quantitative estimate of drug-likeness (QED) is 0.650. The van der Waals surface area contributed by atoms with Gasteiger partial charge in [0.15, 0.2) is 0 Å². The average Bonchev–Trinajstić information content (AvgIpc) is 2.42. The van der Waals surface area contributed by atoms with Crippen molar-refractivity contribution in [2.45, 2.75) is 33.1 Å². The lowest BCUT2D eigenvalue weighted by atomic mass is 9.79. The summed E-state index contributed by atoms with van der Waals surface area (Å²) in [6.07, 6.45) is 3.17. The van der Waals surface area contributed by atoms with Crippen LogP contribution in [0.3, 0.4) is 0 Å². The Hall–Kier alpha value is -0.160. The predicted octanol–water partition coefficient (Wildman–Crippen LogP) is 1.10. The van der Waals surface area contributed by atoms with Crippen LogP contribution in [0.5, 0.6) is 0 Å². The zero-order valence-corrected chi connectivity index (χ0v) is 12.1. The van der Waals surface area contributed by atoms with Gasteiger partial charge in [0.25, 0.3) is 0 Å². The van der Waals surface area contributed by atoms with E-state index in [1.165, 1.54) is 0 Å². The van der Waals surface area contributed by atoms with E-state index in [-0.39, 0.29) is 0 Å². The first-order valence-corrected chi connectivity index (χ1v) is 7.38. The van der Waals surface area contributed by atoms with Gasteiger partial charge in [-0.1, -0.05) is 13.8 Å². The molecule has 2 N–H and O–H groups in total. The van der Waals surface area contributed by atoms with E-state index in [1.54, 1.807) is 0 Å². The summed E-state index contributed by atoms with van der Waals surface area (Å²) >= 11 is 0. The van der Waals surface area contributed by atoms with E-state index in [2.05, 4.69) is 24.1 Å². The first kappa shape index (κ1) is 15.9. The molecule has 0 unspecified atom stereocenters. The number of nitrogens with one attached hydrogen (secondary N) is 1. The second-order valence-electron chi connectivity index (χ2n) is 5.34. The van der Waals surface area contributed by atoms with E-state index >= 15 is 0 Å². The summed E-state index contributed by atoms with van der Waals surface area (Å²) < 4.78 is 5.51. The van der Waals surface area contributed by atoms with E-state index in [0.29, 0.717) is 12.0 Å². The zero-order chi connectivity index (χ0) is 13.3. The molecule has 0 atom stereocenters. The number of aliphatic hydroxyl groups excluding tert-OH is 1. The molecule has 0 aromatic rings. The fourth-order valence-corrected chi connectivity index (χ4v) is 2.70. The highest BCUT2D eigenvalue weighted by molar-refractivity contribution is 4.87. The second-order valence-corrected chi connectivity index (χ2v) is 5.34. The predicted molar refractivity (Wildman–Crippen MR) is 74.8 cm³/mol. The number of hydrogen-bond donors (Lipinski definition) is 2. The Morgan fingerprint density at radius 3 is 2.56 bits per heavy atom. The summed E-state index contributed by atoms with van der Waals surface area (Å²) in [6.45, 7) is 11.8. The maximum absolute atomic E-state index is 8.96. The molecule has 0 amide bonds. The standard InChI is InChI=1S/C14H30N2O2/c1-3-15-12-14(6-10-18-11-7-14)13-16(4-2)8-5-9-17/h15,17H,3-13H2,1-2H3. The molecule has 0 aromatic carbocycles. The van der Waals surface area contributed by atoms with Gasteiger partial charge in [-0.15, -0.1) is 0 Å². The maximum atomic E-state index is 8.96. The molecule has 0 bridgehead atoms. The van der Waals surface area contributed by atoms with Gasteiger partial charge in [-0.3, -0.25) is 0 Å². The van der Waals surface area contributed by atoms with Gasteiger partial charge in [0, 0.05) is 39.5 Å². The largest absolute Gasteiger partial charge is 0.396 e. The first-order valence-electron chi connectivity index (χ1n) is 7.38. The van der Waals surface area contributed by atoms with Crippen molar-refractivity contribution in [1.82, 2.24) is 10.2 Å². The maximum Gasteiger partial charge on any atom is 0.0472 e. The zero-order valence-electron chi connectivity index (χ0n) is 12.1. The average molecular weight is 258 g/mol. The Morgan fingerprint density at radius 1 is 1.28 bits per heavy atom. The van der Waals surface area contributed by atoms with Crippen LogP contribution >= 0.6 is 0 Å². The Labute approximate surface area is 112 Å². The summed E-state index contributed by atoms with van der Waals surface area (Å²) in [5.41, 5.74) is 0.361. The molecule has 18 heavy (non-hydrogen) atoms. The van der Waals surface area contributed by atoms with Crippen molar-refractivity contribution in [1.29, 1.82) is 0 Å². The molecule has 0 saturated carbocycles. The monoisotopic (exact) mass is 258 g/mol. The van der Waals surface area contributed by atoms with Gasteiger partial charge in [-0.05, 0) is 37.8 Å². The van der Waals surface area contributed by atoms with Crippen LogP contribution in [0.4, 0.5) is 0 Å². The van der Waals surface area contributed by atoms with Crippen LogP contribution in [0.2, 0.25) is 0 Å². The van der Waals surface area contributed by atoms with Gasteiger partial charge >= 0.3 is 0 Å². The van der Waals surface area contributed by atoms with Crippen LogP contribution < -0.4 is 5.32 Å². The van der Waals surface area contributed by atoms with Crippen LogP contribution in [-0.4, -0.2) is 62.6 Å². The van der Waals surface area contributed by atoms with Crippen molar-refractivity contribution in [3.05, 3.63) is 0 Å². The van der Waals surface area contributed by atoms with E-state index in [4.69, 9.17) is 9.84 Å². The highest BCUT2D eigenvalue weighted by Gasteiger charge is 2.33. The molecule has 0 aliphatic carbocycles. The topological polar surface area (TPSA) is 44.7 Å². The molecule has 4 heteroatoms. The third-order valence-electron chi connectivity index (χ3n) is 3.94. The van der Waals surface area contributed by atoms with E-state index in [0.717, 1.165) is 65.2 Å². The van der Waals surface area contributed by atoms with Gasteiger partial charge in [0.2, 0.25) is 0 Å². The van der Waals surface area contributed by atoms with Crippen LogP contribution in [0.25, 0.3) is 0 Å². The van der Waals surface area contributed by atoms with Gasteiger partial charge in [0.1, 0.15) is 0 Å². The second kappa shape index (κ2) is 8.86. The summed E-state index contributed by atoms with van der Waals surface area (Å²) in [4.78, 5) is 2.47. The summed E-state index contributed by atoms with van der Waals surface area (Å²) in [6, 6.07) is 0. The highest BCUT2D eigenvalue weighted by Crippen LogP contribution is 2.31. The molecule has 1 fully saturated rings. The normalized spacial score (nSPS) is 19.3. The third-order valence-corrected chi connectivity index (χ3v) is 3.94. The molecule has 1 rings (SSSR count). The molecule has 1 heterocycles. The van der Waals surface area contributed by atoms with Crippen molar-refractivity contribution < 1.29 is 9.84 Å². The van der Waals surface area contributed by atoms with Gasteiger partial charge in [-0.2, -0.15) is 0 Å². The number of rotatable bonds is 9. The van der Waals surface area contributed by atoms with Crippen molar-refractivity contribution in [2.24, 2.45) is 5.41 Å². The van der Waals surface area contributed by atoms with Gasteiger partial charge in [0.05, 0.1) is 0 Å². The van der Waals surface area contributed by atoms with Gasteiger partial charge in [-0.25, -0.2) is 0 Å². The van der Waals surface area contributed by atoms with Crippen LogP contribution in [0.15, 0.2) is 0 Å². The van der Waals surface area contributed by atoms with E-state index in [1.807, 2.05) is 0 Å². The van der Waals surface area contributed by atoms with Crippen molar-refractivity contribution in [3.8, 4) is 0 Å². The van der Waals surface area contributed by atoms with Crippen LogP contribution in [0.1, 0.15) is 33.1 Å². The highest BCUT2D eigenvalue weighted by atomic mass is 16.5. The molecule has 1 saturated heterocycles. The summed E-state index contributed by atoms with van der Waals surface area (Å²) in [5.74, 6) is 0. The Bertz CT molecular complexity index is 206. The lowest BCUT2D eigenvalue weighted by molar-refractivity contribution is -0.00411. The van der Waals surface area contributed by atoms with E-state index < -0.39 is 0 Å². The first-order chi connectivity index (χ1) is 8.76. The minimum absolute atomic E-state index is 0.291. The number of hydrogen-bond acceptors (Lipinski definition) is 4. The van der Waals surface area contributed by atoms with Crippen LogP contribution in [0, 0.1) is 5.41 Å². The third kappa shape index (κ3) is 5.22. The Balaban J connectivity index is 2.52. The minimum atomic E-state index is 0.291. The van der Waals surface area contributed by atoms with Crippen molar-refractivity contribution >= 4 is 0 Å². The fourth-order valence-electron chi connectivity index (χ4n) is 2.70. The fraction of sp³-hybridized carbons (Fsp3) is 1.00. The SMILES string of the molecule is CCNCC1(CN(CC)CCCO)CCOCC1. The Morgan fingerprint density at radius 2 is 2.00 bits per heavy atom. The number of aliphatic hydroxyl groups is 1. The molecule has 108 valence electrons. The van der Waals surface area contributed by atoms with Gasteiger partial charge < -0.3 is 20.1 Å². The lowest BCUT2D eigenvalue weighted by Crippen LogP contribution is -2.47. The molecule has 4 nitrogen and oxygen atoms in total. The molecule has 0 radical (unpaired) electrons. The molecule has 0 aromatic heterocycles. The molecule has 1 aliphatic rings. The molecular formula is C14H30N2O2. The van der Waals surface area contributed by atoms with Crippen molar-refractivity contribution in [2.75, 3.05) is 52.5 Å². The smallest absolute Gasteiger partial charge is 0.0472 e.